The van der Waals surface area contributed by atoms with Gasteiger partial charge < -0.3 is 10.2 Å². The van der Waals surface area contributed by atoms with Crippen molar-refractivity contribution < 1.29 is 10.2 Å². The molecule has 0 radical (unpaired) electrons. The summed E-state index contributed by atoms with van der Waals surface area (Å²) in [5.41, 5.74) is 34.8. The zero-order chi connectivity index (χ0) is 50.6. The van der Waals surface area contributed by atoms with E-state index in [1.54, 1.807) is 0 Å². The van der Waals surface area contributed by atoms with Crippen LogP contribution < -0.4 is 0 Å². The van der Waals surface area contributed by atoms with Gasteiger partial charge in [-0.25, -0.2) is 0 Å². The molecule has 76 heavy (non-hydrogen) atoms. The molecule has 0 heterocycles. The summed E-state index contributed by atoms with van der Waals surface area (Å²) in [6.07, 6.45) is 3.43. The van der Waals surface area contributed by atoms with Crippen LogP contribution in [0.2, 0.25) is 0 Å². The molecule has 0 aliphatic heterocycles. The molecule has 0 fully saturated rings. The molecule has 4 atom stereocenters. The lowest BCUT2D eigenvalue weighted by Crippen LogP contribution is -2.50. The molecular weight excluding hydrogens is 921 g/mol. The Morgan fingerprint density at radius 1 is 0.395 bits per heavy atom. The fraction of sp³-hybridized carbons (Fsp3) is 0.189. The number of hydrogen-bond acceptors (Lipinski definition) is 2. The van der Waals surface area contributed by atoms with Crippen LogP contribution in [0, 0.1) is 5.41 Å². The van der Waals surface area contributed by atoms with Crippen LogP contribution in [0.25, 0.3) is 77.9 Å². The van der Waals surface area contributed by atoms with Gasteiger partial charge in [0.25, 0.3) is 0 Å². The Morgan fingerprint density at radius 3 is 1.39 bits per heavy atom. The van der Waals surface area contributed by atoms with Crippen LogP contribution in [0.15, 0.2) is 188 Å². The zero-order valence-corrected chi connectivity index (χ0v) is 43.2. The van der Waals surface area contributed by atoms with E-state index < -0.39 is 23.0 Å². The van der Waals surface area contributed by atoms with Crippen molar-refractivity contribution in [1.82, 2.24) is 0 Å². The van der Waals surface area contributed by atoms with E-state index in [2.05, 4.69) is 209 Å². The molecule has 10 aromatic carbocycles. The summed E-state index contributed by atoms with van der Waals surface area (Å²) in [5.74, 6) is 0. The minimum Gasteiger partial charge on any atom is -0.387 e. The van der Waals surface area contributed by atoms with Gasteiger partial charge in [0.15, 0.2) is 0 Å². The number of fused-ring (bicyclic) bond motifs is 30. The van der Waals surface area contributed by atoms with Gasteiger partial charge in [-0.1, -0.05) is 203 Å². The van der Waals surface area contributed by atoms with Crippen molar-refractivity contribution in [2.24, 2.45) is 5.41 Å². The smallest absolute Gasteiger partial charge is 0.0981 e. The predicted molar refractivity (Wildman–Crippen MR) is 308 cm³/mol. The van der Waals surface area contributed by atoms with Gasteiger partial charge in [0.1, 0.15) is 0 Å². The molecule has 10 aromatic rings. The van der Waals surface area contributed by atoms with Gasteiger partial charge in [-0.05, 0) is 211 Å². The Hall–Kier alpha value is -7.88. The Morgan fingerprint density at radius 2 is 0.803 bits per heavy atom. The van der Waals surface area contributed by atoms with Crippen molar-refractivity contribution in [3.8, 4) is 77.9 Å². The van der Waals surface area contributed by atoms with Crippen LogP contribution in [0.1, 0.15) is 129 Å². The molecule has 7 aliphatic carbocycles. The van der Waals surface area contributed by atoms with Crippen LogP contribution >= 0.6 is 0 Å². The van der Waals surface area contributed by atoms with Crippen LogP contribution in [-0.4, -0.2) is 10.2 Å². The van der Waals surface area contributed by atoms with Crippen molar-refractivity contribution in [3.05, 3.63) is 272 Å². The summed E-state index contributed by atoms with van der Waals surface area (Å²) in [6, 6.07) is 70.4. The predicted octanol–water partition coefficient (Wildman–Crippen LogP) is 16.8. The lowest BCUT2D eigenvalue weighted by atomic mass is 9.49. The third kappa shape index (κ3) is 4.90. The summed E-state index contributed by atoms with van der Waals surface area (Å²) in [7, 11) is 0. The van der Waals surface area contributed by atoms with Crippen molar-refractivity contribution >= 4 is 0 Å². The van der Waals surface area contributed by atoms with Gasteiger partial charge in [-0.15, -0.1) is 0 Å². The first-order valence-corrected chi connectivity index (χ1v) is 27.9. The molecule has 4 unspecified atom stereocenters. The highest BCUT2D eigenvalue weighted by Crippen LogP contribution is 2.71. The molecule has 0 saturated heterocycles. The van der Waals surface area contributed by atoms with Crippen LogP contribution in [0.5, 0.6) is 0 Å². The van der Waals surface area contributed by atoms with Crippen LogP contribution in [-0.2, 0) is 36.5 Å². The van der Waals surface area contributed by atoms with Gasteiger partial charge >= 0.3 is 0 Å². The second-order valence-electron chi connectivity index (χ2n) is 23.4. The summed E-state index contributed by atoms with van der Waals surface area (Å²) in [5, 5.41) is 28.2. The van der Waals surface area contributed by atoms with Gasteiger partial charge in [0.05, 0.1) is 23.0 Å². The second kappa shape index (κ2) is 14.9. The van der Waals surface area contributed by atoms with Gasteiger partial charge in [-0.3, -0.25) is 0 Å². The lowest BCUT2D eigenvalue weighted by Gasteiger charge is -2.55. The minimum absolute atomic E-state index is 0.297. The molecule has 364 valence electrons. The topological polar surface area (TPSA) is 40.5 Å². The van der Waals surface area contributed by atoms with Gasteiger partial charge in [0.2, 0.25) is 0 Å². The maximum Gasteiger partial charge on any atom is 0.0981 e. The highest BCUT2D eigenvalue weighted by atomic mass is 16.3. The average Bonchev–Trinajstić information content (AvgIpc) is 4.28. The quantitative estimate of drug-likeness (QED) is 0.184. The van der Waals surface area contributed by atoms with Crippen molar-refractivity contribution in [2.45, 2.75) is 82.3 Å². The molecule has 0 bridgehead atoms. The lowest BCUT2D eigenvalue weighted by molar-refractivity contribution is 0.00871. The Kier molecular flexibility index (Phi) is 8.53. The molecule has 1 spiro atoms. The third-order valence-electron chi connectivity index (χ3n) is 20.8. The summed E-state index contributed by atoms with van der Waals surface area (Å²) in [4.78, 5) is 0. The molecule has 17 rings (SSSR count). The minimum atomic E-state index is -0.907. The van der Waals surface area contributed by atoms with E-state index in [1.165, 1.54) is 145 Å². The SMILES string of the molecule is CCC(C)(CC)C1(c2ccc3c(c2)-c2c4c(c5c(c2C3)-c2ccccc2C2(c3ccccc3-c3c6c(c7c(c32)-c2ccccc2C7)-c2ccccc2C6)C5O)-c2ccccc2C4)c2ccccc2-c2ccccc2C1O. The first-order chi connectivity index (χ1) is 37.3. The van der Waals surface area contributed by atoms with E-state index in [-0.39, 0.29) is 5.41 Å². The standard InChI is InChI=1S/C74H56O2/c1-4-72(3,5-2)74(61-33-19-14-27-50(61)49-26-12-13-28-51(49)70(74)75)45-35-34-44-39-56-63(54(44)40-45)55-36-42-21-7-10-24-47(42)64(55)68-65(56)52-29-15-17-31-59(52)73(71(68)76)60-32-18-16-30-53(60)67-58-37-41-20-6-9-23-46(41)62(58)57-38-43-22-8-11-25-48(43)66(57)69(67)73/h6-35,40,70-71,75-76H,4-5,36-39H2,1-3H3. The highest BCUT2D eigenvalue weighted by Gasteiger charge is 2.60. The van der Waals surface area contributed by atoms with Gasteiger partial charge in [0, 0.05) is 0 Å². The normalized spacial score (nSPS) is 20.4. The van der Waals surface area contributed by atoms with Gasteiger partial charge in [-0.2, -0.15) is 0 Å². The van der Waals surface area contributed by atoms with E-state index in [1.807, 2.05) is 0 Å². The number of hydrogen-bond donors (Lipinski definition) is 2. The first kappa shape index (κ1) is 43.4. The summed E-state index contributed by atoms with van der Waals surface area (Å²) >= 11 is 0. The van der Waals surface area contributed by atoms with Crippen molar-refractivity contribution in [2.75, 3.05) is 0 Å². The largest absolute Gasteiger partial charge is 0.387 e. The second-order valence-corrected chi connectivity index (χ2v) is 23.4. The molecule has 0 aromatic heterocycles. The summed E-state index contributed by atoms with van der Waals surface area (Å²) < 4.78 is 0. The van der Waals surface area contributed by atoms with Crippen molar-refractivity contribution in [1.29, 1.82) is 0 Å². The Balaban J connectivity index is 0.969. The maximum atomic E-state index is 14.8. The van der Waals surface area contributed by atoms with Crippen LogP contribution in [0.3, 0.4) is 0 Å². The monoisotopic (exact) mass is 976 g/mol. The van der Waals surface area contributed by atoms with E-state index in [4.69, 9.17) is 0 Å². The molecule has 2 heteroatoms. The number of aliphatic hydroxyl groups is 2. The number of benzene rings is 10. The maximum absolute atomic E-state index is 14.8. The van der Waals surface area contributed by atoms with E-state index in [0.29, 0.717) is 0 Å². The van der Waals surface area contributed by atoms with Crippen LogP contribution in [0.4, 0.5) is 0 Å². The zero-order valence-electron chi connectivity index (χ0n) is 43.2. The Labute approximate surface area is 445 Å². The number of rotatable bonds is 4. The first-order valence-electron chi connectivity index (χ1n) is 27.9. The average molecular weight is 977 g/mol. The fourth-order valence-electron chi connectivity index (χ4n) is 17.4. The molecule has 2 nitrogen and oxygen atoms in total. The van der Waals surface area contributed by atoms with E-state index >= 15 is 0 Å². The molecule has 7 aliphatic rings. The fourth-order valence-corrected chi connectivity index (χ4v) is 17.4. The van der Waals surface area contributed by atoms with E-state index in [0.717, 1.165) is 55.2 Å². The third-order valence-corrected chi connectivity index (χ3v) is 20.8. The number of aliphatic hydroxyl groups excluding tert-OH is 2. The molecule has 0 saturated carbocycles. The van der Waals surface area contributed by atoms with Crippen molar-refractivity contribution in [3.63, 3.8) is 0 Å². The Bertz CT molecular complexity index is 4250. The summed E-state index contributed by atoms with van der Waals surface area (Å²) in [6.45, 7) is 7.05. The molecule has 0 amide bonds. The molecule has 2 N–H and O–H groups in total. The molecular formula is C74H56O2. The highest BCUT2D eigenvalue weighted by molar-refractivity contribution is 6.07. The van der Waals surface area contributed by atoms with E-state index in [9.17, 15) is 10.2 Å².